The van der Waals surface area contributed by atoms with Crippen LogP contribution in [0.3, 0.4) is 0 Å². The molecule has 3 aliphatic heterocycles. The van der Waals surface area contributed by atoms with Crippen molar-refractivity contribution in [1.29, 1.82) is 0 Å². The van der Waals surface area contributed by atoms with Gasteiger partial charge in [0, 0.05) is 90.3 Å². The van der Waals surface area contributed by atoms with Crippen molar-refractivity contribution in [3.63, 3.8) is 0 Å². The molecule has 0 radical (unpaired) electrons. The van der Waals surface area contributed by atoms with E-state index in [1.807, 2.05) is 67.6 Å². The number of halogens is 2. The Hall–Kier alpha value is -7.14. The third kappa shape index (κ3) is 12.4. The summed E-state index contributed by atoms with van der Waals surface area (Å²) in [5.74, 6) is -2.19. The number of hydrogen-bond acceptors (Lipinski definition) is 9. The van der Waals surface area contributed by atoms with Crippen molar-refractivity contribution in [3.8, 4) is 11.1 Å². The second kappa shape index (κ2) is 23.2. The number of aryl methyl sites for hydroxylation is 2. The van der Waals surface area contributed by atoms with E-state index in [9.17, 15) is 24.0 Å². The van der Waals surface area contributed by atoms with Gasteiger partial charge in [0.25, 0.3) is 17.4 Å². The van der Waals surface area contributed by atoms with Crippen LogP contribution in [-0.2, 0) is 29.0 Å². The molecule has 16 heteroatoms. The summed E-state index contributed by atoms with van der Waals surface area (Å²) in [6, 6.07) is 30.5. The first-order valence-corrected chi connectivity index (χ1v) is 25.4. The van der Waals surface area contributed by atoms with E-state index >= 15 is 8.78 Å². The zero-order valence-electron chi connectivity index (χ0n) is 41.6. The Labute approximate surface area is 424 Å². The molecule has 0 spiro atoms. The number of H-pyrrole nitrogens is 1. The van der Waals surface area contributed by atoms with Crippen molar-refractivity contribution in [3.05, 3.63) is 164 Å². The molecule has 0 atom stereocenters. The summed E-state index contributed by atoms with van der Waals surface area (Å²) >= 11 is 0. The zero-order chi connectivity index (χ0) is 51.0. The molecule has 73 heavy (non-hydrogen) atoms. The molecular formula is C57H63F2N9O5. The number of nitrogens with one attached hydrogen (secondary N) is 3. The first-order valence-electron chi connectivity index (χ1n) is 25.4. The Balaban J connectivity index is 0.732. The topological polar surface area (TPSA) is 154 Å². The standard InChI is InChI=1S/C57H63F2N9O5/c1-3-39-9-7-11-43(29-39)44-32-49(59)54(51(33-44)61-52(69)35-60-34-42-10-6-8-38(2)28-42)57(73)67-18-16-40(17-19-67)36-64-20-22-65(23-21-64)37-53(70)66-24-26-68(27-25-66)56(72)47-30-41(14-15-48(47)58)31-50-45-12-4-5-13-46(45)55(71)63-62-50/h4-15,28-30,32-33,40,60H,3,16-27,31,34-37H2,1-2H3,(H,61,69)(H,63,71). The summed E-state index contributed by atoms with van der Waals surface area (Å²) in [6.07, 6.45) is 2.63. The first kappa shape index (κ1) is 50.8. The van der Waals surface area contributed by atoms with Crippen LogP contribution in [0.1, 0.15) is 68.4 Å². The molecule has 0 unspecified atom stereocenters. The smallest absolute Gasteiger partial charge is 0.272 e. The SMILES string of the molecule is CCc1cccc(-c2cc(F)c(C(=O)N3CCC(CN4CCN(CC(=O)N5CCN(C(=O)c6cc(Cc7n[nH]c(=O)c8ccccc78)ccc6F)CC5)CC4)CC3)c(NC(=O)CNCc3cccc(C)c3)c2)c1. The van der Waals surface area contributed by atoms with E-state index in [2.05, 4.69) is 37.6 Å². The van der Waals surface area contributed by atoms with Crippen molar-refractivity contribution in [2.24, 2.45) is 5.92 Å². The highest BCUT2D eigenvalue weighted by Crippen LogP contribution is 2.32. The Morgan fingerprint density at radius 1 is 0.671 bits per heavy atom. The highest BCUT2D eigenvalue weighted by atomic mass is 19.1. The van der Waals surface area contributed by atoms with Crippen LogP contribution in [0.5, 0.6) is 0 Å². The number of likely N-dealkylation sites (tertiary alicyclic amines) is 1. The number of benzene rings is 5. The molecule has 0 saturated carbocycles. The minimum atomic E-state index is -0.675. The number of carbonyl (C=O) groups is 4. The van der Waals surface area contributed by atoms with E-state index in [1.54, 1.807) is 45.0 Å². The molecular weight excluding hydrogens is 929 g/mol. The predicted molar refractivity (Wildman–Crippen MR) is 278 cm³/mol. The number of amides is 4. The zero-order valence-corrected chi connectivity index (χ0v) is 41.6. The summed E-state index contributed by atoms with van der Waals surface area (Å²) in [5.41, 5.74) is 5.63. The molecule has 5 aromatic carbocycles. The predicted octanol–water partition coefficient (Wildman–Crippen LogP) is 6.51. The number of rotatable bonds is 15. The van der Waals surface area contributed by atoms with Crippen LogP contribution in [0, 0.1) is 24.5 Å². The number of aromatic nitrogens is 2. The molecule has 4 amide bonds. The Kier molecular flexibility index (Phi) is 16.1. The van der Waals surface area contributed by atoms with Gasteiger partial charge in [-0.1, -0.05) is 85.3 Å². The van der Waals surface area contributed by atoms with Gasteiger partial charge in [-0.15, -0.1) is 0 Å². The van der Waals surface area contributed by atoms with Crippen LogP contribution in [-0.4, -0.2) is 143 Å². The minimum absolute atomic E-state index is 0.000630. The molecule has 3 N–H and O–H groups in total. The maximum atomic E-state index is 16.3. The lowest BCUT2D eigenvalue weighted by molar-refractivity contribution is -0.134. The third-order valence-corrected chi connectivity index (χ3v) is 14.5. The number of aromatic amines is 1. The highest BCUT2D eigenvalue weighted by molar-refractivity contribution is 6.05. The molecule has 3 aliphatic rings. The summed E-state index contributed by atoms with van der Waals surface area (Å²) in [5, 5.41) is 14.0. The Bertz CT molecular complexity index is 3050. The van der Waals surface area contributed by atoms with Gasteiger partial charge in [-0.3, -0.25) is 28.9 Å². The second-order valence-corrected chi connectivity index (χ2v) is 19.6. The summed E-state index contributed by atoms with van der Waals surface area (Å²) in [7, 11) is 0. The van der Waals surface area contributed by atoms with E-state index in [4.69, 9.17) is 0 Å². The van der Waals surface area contributed by atoms with Crippen LogP contribution in [0.2, 0.25) is 0 Å². The Morgan fingerprint density at radius 3 is 2.12 bits per heavy atom. The number of hydrogen-bond donors (Lipinski definition) is 3. The van der Waals surface area contributed by atoms with Crippen molar-refractivity contribution >= 4 is 40.1 Å². The van der Waals surface area contributed by atoms with Crippen LogP contribution in [0.25, 0.3) is 21.9 Å². The molecule has 1 aromatic heterocycles. The van der Waals surface area contributed by atoms with Crippen LogP contribution in [0.15, 0.2) is 108 Å². The summed E-state index contributed by atoms with van der Waals surface area (Å²) in [6.45, 7) is 11.0. The lowest BCUT2D eigenvalue weighted by Gasteiger charge is -2.40. The third-order valence-electron chi connectivity index (χ3n) is 14.5. The van der Waals surface area contributed by atoms with E-state index in [0.29, 0.717) is 85.7 Å². The summed E-state index contributed by atoms with van der Waals surface area (Å²) in [4.78, 5) is 76.5. The lowest BCUT2D eigenvalue weighted by atomic mass is 9.94. The number of carbonyl (C=O) groups excluding carboxylic acids is 4. The van der Waals surface area contributed by atoms with Crippen molar-refractivity contribution in [2.75, 3.05) is 90.4 Å². The van der Waals surface area contributed by atoms with E-state index in [-0.39, 0.29) is 47.3 Å². The molecule has 0 bridgehead atoms. The average molecular weight is 992 g/mol. The molecule has 4 heterocycles. The first-order chi connectivity index (χ1) is 35.4. The quantitative estimate of drug-likeness (QED) is 0.105. The van der Waals surface area contributed by atoms with Crippen LogP contribution >= 0.6 is 0 Å². The van der Waals surface area contributed by atoms with Gasteiger partial charge in [0.1, 0.15) is 11.6 Å². The Morgan fingerprint density at radius 2 is 1.37 bits per heavy atom. The molecule has 14 nitrogen and oxygen atoms in total. The van der Waals surface area contributed by atoms with Gasteiger partial charge >= 0.3 is 0 Å². The van der Waals surface area contributed by atoms with Crippen molar-refractivity contribution in [1.82, 2.24) is 40.0 Å². The minimum Gasteiger partial charge on any atom is -0.338 e. The number of nitrogens with zero attached hydrogens (tertiary/aromatic N) is 6. The van der Waals surface area contributed by atoms with E-state index < -0.39 is 23.4 Å². The van der Waals surface area contributed by atoms with Gasteiger partial charge in [-0.2, -0.15) is 5.10 Å². The fourth-order valence-corrected chi connectivity index (χ4v) is 10.3. The average Bonchev–Trinajstić information content (AvgIpc) is 3.40. The van der Waals surface area contributed by atoms with Gasteiger partial charge < -0.3 is 30.2 Å². The second-order valence-electron chi connectivity index (χ2n) is 19.6. The molecule has 0 aliphatic carbocycles. The van der Waals surface area contributed by atoms with Gasteiger partial charge in [-0.05, 0) is 90.3 Å². The number of piperidine rings is 1. The number of anilines is 1. The maximum absolute atomic E-state index is 16.3. The van der Waals surface area contributed by atoms with Crippen molar-refractivity contribution < 1.29 is 28.0 Å². The van der Waals surface area contributed by atoms with Gasteiger partial charge in [0.15, 0.2) is 0 Å². The molecule has 6 aromatic rings. The highest BCUT2D eigenvalue weighted by Gasteiger charge is 2.32. The van der Waals surface area contributed by atoms with E-state index in [0.717, 1.165) is 74.2 Å². The molecule has 3 fully saturated rings. The monoisotopic (exact) mass is 991 g/mol. The maximum Gasteiger partial charge on any atom is 0.272 e. The lowest BCUT2D eigenvalue weighted by Crippen LogP contribution is -2.55. The van der Waals surface area contributed by atoms with E-state index in [1.165, 1.54) is 12.1 Å². The fourth-order valence-electron chi connectivity index (χ4n) is 10.3. The van der Waals surface area contributed by atoms with Crippen LogP contribution < -0.4 is 16.2 Å². The van der Waals surface area contributed by atoms with Gasteiger partial charge in [0.05, 0.1) is 41.0 Å². The normalized spacial score (nSPS) is 16.0. The molecule has 380 valence electrons. The molecule has 3 saturated heterocycles. The molecule has 9 rings (SSSR count). The van der Waals surface area contributed by atoms with Gasteiger partial charge in [0.2, 0.25) is 11.8 Å². The number of fused-ring (bicyclic) bond motifs is 1. The fraction of sp³-hybridized carbons (Fsp3) is 0.368. The summed E-state index contributed by atoms with van der Waals surface area (Å²) < 4.78 is 31.4. The largest absolute Gasteiger partial charge is 0.338 e. The van der Waals surface area contributed by atoms with Crippen LogP contribution in [0.4, 0.5) is 14.5 Å². The van der Waals surface area contributed by atoms with Crippen molar-refractivity contribution in [2.45, 2.75) is 46.1 Å². The number of piperazine rings is 2. The van der Waals surface area contributed by atoms with Gasteiger partial charge in [-0.25, -0.2) is 13.9 Å².